The van der Waals surface area contributed by atoms with Crippen molar-refractivity contribution in [2.45, 2.75) is 24.5 Å². The van der Waals surface area contributed by atoms with E-state index in [1.165, 1.54) is 6.07 Å². The second-order valence-electron chi connectivity index (χ2n) is 6.54. The predicted octanol–water partition coefficient (Wildman–Crippen LogP) is 3.86. The van der Waals surface area contributed by atoms with Gasteiger partial charge in [0.25, 0.3) is 0 Å². The lowest BCUT2D eigenvalue weighted by atomic mass is 10.0. The van der Waals surface area contributed by atoms with Crippen molar-refractivity contribution in [2.75, 3.05) is 4.72 Å². The number of benzene rings is 1. The summed E-state index contributed by atoms with van der Waals surface area (Å²) < 4.78 is 44.3. The summed E-state index contributed by atoms with van der Waals surface area (Å²) in [5.74, 6) is -0.254. The molecule has 0 amide bonds. The van der Waals surface area contributed by atoms with Gasteiger partial charge < -0.3 is 4.57 Å². The minimum Gasteiger partial charge on any atom is -0.318 e. The van der Waals surface area contributed by atoms with E-state index in [9.17, 15) is 12.8 Å². The molecule has 1 N–H and O–H groups in total. The van der Waals surface area contributed by atoms with Gasteiger partial charge in [0, 0.05) is 22.6 Å². The van der Waals surface area contributed by atoms with Gasteiger partial charge in [-0.15, -0.1) is 0 Å². The summed E-state index contributed by atoms with van der Waals surface area (Å²) in [4.78, 5) is 8.67. The van der Waals surface area contributed by atoms with Crippen LogP contribution >= 0.6 is 34.2 Å². The zero-order valence-electron chi connectivity index (χ0n) is 14.2. The Labute approximate surface area is 174 Å². The fourth-order valence-electron chi connectivity index (χ4n) is 2.83. The molecule has 4 rings (SSSR count). The molecule has 27 heavy (non-hydrogen) atoms. The molecule has 1 aliphatic carbocycles. The highest BCUT2D eigenvalue weighted by Gasteiger charge is 2.36. The van der Waals surface area contributed by atoms with Gasteiger partial charge in [-0.3, -0.25) is 4.72 Å². The molecule has 1 saturated carbocycles. The first-order valence-corrected chi connectivity index (χ1v) is 11.2. The number of halogens is 3. The standard InChI is InChI=1S/C17H15ClFIN4O2S/c1-24-8-21-15-14(18)12(6-9-2-3-10(20)7-13(9)19)16(22-17(15)24)23-27(25,26)11-4-5-11/h2-3,7-8,11H,4-6H2,1H3,(H,22,23). The van der Waals surface area contributed by atoms with E-state index < -0.39 is 15.3 Å². The van der Waals surface area contributed by atoms with Crippen LogP contribution in [0.5, 0.6) is 0 Å². The van der Waals surface area contributed by atoms with Crippen molar-refractivity contribution in [3.8, 4) is 0 Å². The number of hydrogen-bond acceptors (Lipinski definition) is 4. The summed E-state index contributed by atoms with van der Waals surface area (Å²) in [6, 6.07) is 4.87. The lowest BCUT2D eigenvalue weighted by Gasteiger charge is -2.14. The summed E-state index contributed by atoms with van der Waals surface area (Å²) >= 11 is 8.57. The summed E-state index contributed by atoms with van der Waals surface area (Å²) in [6.45, 7) is 0. The number of fused-ring (bicyclic) bond motifs is 1. The number of aryl methyl sites for hydroxylation is 1. The topological polar surface area (TPSA) is 76.9 Å². The third-order valence-electron chi connectivity index (χ3n) is 4.47. The smallest absolute Gasteiger partial charge is 0.236 e. The van der Waals surface area contributed by atoms with Crippen LogP contribution in [-0.4, -0.2) is 28.2 Å². The molecule has 2 aromatic heterocycles. The van der Waals surface area contributed by atoms with Gasteiger partial charge in [-0.1, -0.05) is 17.7 Å². The fraction of sp³-hybridized carbons (Fsp3) is 0.294. The van der Waals surface area contributed by atoms with Crippen molar-refractivity contribution in [3.05, 3.63) is 50.1 Å². The van der Waals surface area contributed by atoms with E-state index >= 15 is 0 Å². The molecule has 0 unspecified atom stereocenters. The number of nitrogens with zero attached hydrogens (tertiary/aromatic N) is 3. The van der Waals surface area contributed by atoms with Crippen molar-refractivity contribution >= 4 is 61.2 Å². The van der Waals surface area contributed by atoms with Crippen LogP contribution in [-0.2, 0) is 23.5 Å². The number of pyridine rings is 1. The normalized spacial score (nSPS) is 14.7. The van der Waals surface area contributed by atoms with Gasteiger partial charge in [0.2, 0.25) is 10.0 Å². The minimum atomic E-state index is -3.55. The third-order valence-corrected chi connectivity index (χ3v) is 7.37. The van der Waals surface area contributed by atoms with Crippen LogP contribution in [0.1, 0.15) is 24.0 Å². The minimum absolute atomic E-state index is 0.101. The molecule has 0 bridgehead atoms. The van der Waals surface area contributed by atoms with Gasteiger partial charge in [0.05, 0.1) is 16.6 Å². The van der Waals surface area contributed by atoms with Gasteiger partial charge >= 0.3 is 0 Å². The quantitative estimate of drug-likeness (QED) is 0.519. The Balaban J connectivity index is 1.85. The predicted molar refractivity (Wildman–Crippen MR) is 111 cm³/mol. The number of aromatic nitrogens is 3. The van der Waals surface area contributed by atoms with Crippen LogP contribution < -0.4 is 4.72 Å². The van der Waals surface area contributed by atoms with Crippen LogP contribution in [0.2, 0.25) is 5.02 Å². The molecule has 6 nitrogen and oxygen atoms in total. The zero-order chi connectivity index (χ0) is 19.3. The van der Waals surface area contributed by atoms with E-state index in [0.717, 1.165) is 3.57 Å². The molecule has 2 heterocycles. The summed E-state index contributed by atoms with van der Waals surface area (Å²) in [7, 11) is -1.80. The van der Waals surface area contributed by atoms with Crippen LogP contribution in [0.4, 0.5) is 10.2 Å². The Morgan fingerprint density at radius 3 is 2.81 bits per heavy atom. The van der Waals surface area contributed by atoms with E-state index in [1.54, 1.807) is 30.1 Å². The number of imidazole rings is 1. The van der Waals surface area contributed by atoms with Gasteiger partial charge in [-0.2, -0.15) is 0 Å². The van der Waals surface area contributed by atoms with E-state index in [1.807, 2.05) is 22.6 Å². The maximum atomic E-state index is 14.4. The first-order valence-electron chi connectivity index (χ1n) is 8.21. The van der Waals surface area contributed by atoms with Crippen LogP contribution in [0.15, 0.2) is 24.5 Å². The second kappa shape index (κ2) is 6.85. The van der Waals surface area contributed by atoms with E-state index in [4.69, 9.17) is 11.6 Å². The largest absolute Gasteiger partial charge is 0.318 e. The number of rotatable bonds is 5. The van der Waals surface area contributed by atoms with Gasteiger partial charge in [-0.05, 0) is 53.1 Å². The summed E-state index contributed by atoms with van der Waals surface area (Å²) in [5.41, 5.74) is 1.73. The van der Waals surface area contributed by atoms with Crippen LogP contribution in [0.3, 0.4) is 0 Å². The number of hydrogen-bond donors (Lipinski definition) is 1. The molecule has 10 heteroatoms. The molecular formula is C17H15ClFIN4O2S. The molecule has 3 aromatic rings. The highest BCUT2D eigenvalue weighted by molar-refractivity contribution is 14.1. The van der Waals surface area contributed by atoms with Crippen molar-refractivity contribution in [1.82, 2.24) is 14.5 Å². The lowest BCUT2D eigenvalue weighted by Crippen LogP contribution is -2.20. The first kappa shape index (κ1) is 18.9. The number of nitrogens with one attached hydrogen (secondary N) is 1. The maximum absolute atomic E-state index is 14.4. The van der Waals surface area contributed by atoms with Crippen LogP contribution in [0, 0.1) is 9.39 Å². The zero-order valence-corrected chi connectivity index (χ0v) is 17.9. The average molecular weight is 521 g/mol. The Kier molecular flexibility index (Phi) is 4.79. The van der Waals surface area contributed by atoms with Crippen molar-refractivity contribution < 1.29 is 12.8 Å². The number of anilines is 1. The average Bonchev–Trinajstić information content (AvgIpc) is 3.39. The number of sulfonamides is 1. The molecule has 1 fully saturated rings. The Hall–Kier alpha value is -1.46. The molecule has 0 aliphatic heterocycles. The van der Waals surface area contributed by atoms with E-state index in [0.29, 0.717) is 35.1 Å². The lowest BCUT2D eigenvalue weighted by molar-refractivity contribution is 0.599. The van der Waals surface area contributed by atoms with Crippen molar-refractivity contribution in [2.24, 2.45) is 7.05 Å². The van der Waals surface area contributed by atoms with Crippen LogP contribution in [0.25, 0.3) is 11.2 Å². The van der Waals surface area contributed by atoms with Crippen molar-refractivity contribution in [1.29, 1.82) is 0 Å². The monoisotopic (exact) mass is 520 g/mol. The third kappa shape index (κ3) is 3.64. The van der Waals surface area contributed by atoms with E-state index in [2.05, 4.69) is 14.7 Å². The second-order valence-corrected chi connectivity index (χ2v) is 10.1. The Morgan fingerprint density at radius 2 is 2.15 bits per heavy atom. The molecule has 1 aliphatic rings. The summed E-state index contributed by atoms with van der Waals surface area (Å²) in [6.07, 6.45) is 2.90. The molecule has 1 aromatic carbocycles. The van der Waals surface area contributed by atoms with Crippen molar-refractivity contribution in [3.63, 3.8) is 0 Å². The van der Waals surface area contributed by atoms with Gasteiger partial charge in [0.15, 0.2) is 5.65 Å². The molecule has 0 radical (unpaired) electrons. The Morgan fingerprint density at radius 1 is 1.41 bits per heavy atom. The summed E-state index contributed by atoms with van der Waals surface area (Å²) in [5, 5.41) is -0.143. The molecule has 142 valence electrons. The highest BCUT2D eigenvalue weighted by Crippen LogP contribution is 2.35. The van der Waals surface area contributed by atoms with E-state index in [-0.39, 0.29) is 23.1 Å². The van der Waals surface area contributed by atoms with Gasteiger partial charge in [0.1, 0.15) is 17.2 Å². The SMILES string of the molecule is Cn1cnc2c(Cl)c(Cc3ccc(I)cc3F)c(NS(=O)(=O)C3CC3)nc21. The Bertz CT molecular complexity index is 1160. The van der Waals surface area contributed by atoms with Gasteiger partial charge in [-0.25, -0.2) is 22.8 Å². The fourth-order valence-corrected chi connectivity index (χ4v) is 4.93. The molecular weight excluding hydrogens is 506 g/mol. The highest BCUT2D eigenvalue weighted by atomic mass is 127. The maximum Gasteiger partial charge on any atom is 0.236 e. The molecule has 0 atom stereocenters. The molecule has 0 spiro atoms. The first-order chi connectivity index (χ1) is 12.8. The molecule has 0 saturated heterocycles.